The van der Waals surface area contributed by atoms with Crippen molar-refractivity contribution in [3.8, 4) is 0 Å². The minimum absolute atomic E-state index is 0.292. The Kier molecular flexibility index (Phi) is 3.98. The summed E-state index contributed by atoms with van der Waals surface area (Å²) in [5.41, 5.74) is 0.292. The first kappa shape index (κ1) is 13.0. The van der Waals surface area contributed by atoms with Gasteiger partial charge in [0.05, 0.1) is 10.2 Å². The summed E-state index contributed by atoms with van der Waals surface area (Å²) in [6.07, 6.45) is 1.58. The SMILES string of the molecule is CNc1ncc(Br)c(Nc2ccc(Cl)cc2F)n1. The molecule has 0 radical (unpaired) electrons. The second-order valence-electron chi connectivity index (χ2n) is 3.39. The zero-order valence-electron chi connectivity index (χ0n) is 9.34. The maximum Gasteiger partial charge on any atom is 0.224 e. The second kappa shape index (κ2) is 5.49. The van der Waals surface area contributed by atoms with Crippen molar-refractivity contribution in [2.75, 3.05) is 17.7 Å². The van der Waals surface area contributed by atoms with E-state index in [9.17, 15) is 4.39 Å². The Labute approximate surface area is 117 Å². The third kappa shape index (κ3) is 2.88. The van der Waals surface area contributed by atoms with Gasteiger partial charge in [-0.3, -0.25) is 0 Å². The van der Waals surface area contributed by atoms with Gasteiger partial charge in [-0.25, -0.2) is 9.37 Å². The van der Waals surface area contributed by atoms with Crippen LogP contribution in [0, 0.1) is 5.82 Å². The summed E-state index contributed by atoms with van der Waals surface area (Å²) in [6.45, 7) is 0. The molecule has 0 aliphatic rings. The number of benzene rings is 1. The molecule has 1 heterocycles. The van der Waals surface area contributed by atoms with Gasteiger partial charge in [-0.2, -0.15) is 4.98 Å². The first-order valence-corrected chi connectivity index (χ1v) is 6.19. The minimum Gasteiger partial charge on any atom is -0.357 e. The van der Waals surface area contributed by atoms with E-state index in [-0.39, 0.29) is 0 Å². The molecule has 18 heavy (non-hydrogen) atoms. The highest BCUT2D eigenvalue weighted by Gasteiger charge is 2.08. The second-order valence-corrected chi connectivity index (χ2v) is 4.68. The lowest BCUT2D eigenvalue weighted by molar-refractivity contribution is 0.632. The predicted octanol–water partition coefficient (Wildman–Crippen LogP) is 3.82. The van der Waals surface area contributed by atoms with Gasteiger partial charge in [0.25, 0.3) is 0 Å². The number of nitrogens with zero attached hydrogens (tertiary/aromatic N) is 2. The minimum atomic E-state index is -0.445. The van der Waals surface area contributed by atoms with E-state index < -0.39 is 5.82 Å². The fourth-order valence-electron chi connectivity index (χ4n) is 1.29. The zero-order chi connectivity index (χ0) is 13.1. The third-order valence-corrected chi connectivity index (χ3v) is 2.97. The molecular weight excluding hydrogens is 323 g/mol. The number of hydrogen-bond acceptors (Lipinski definition) is 4. The van der Waals surface area contributed by atoms with Gasteiger partial charge in [-0.15, -0.1) is 0 Å². The Hall–Kier alpha value is -1.40. The summed E-state index contributed by atoms with van der Waals surface area (Å²) in [7, 11) is 1.70. The molecule has 0 fully saturated rings. The van der Waals surface area contributed by atoms with Crippen LogP contribution < -0.4 is 10.6 Å². The van der Waals surface area contributed by atoms with Gasteiger partial charge in [0.1, 0.15) is 11.6 Å². The van der Waals surface area contributed by atoms with Crippen molar-refractivity contribution in [2.24, 2.45) is 0 Å². The summed E-state index contributed by atoms with van der Waals surface area (Å²) in [6, 6.07) is 4.38. The van der Waals surface area contributed by atoms with Gasteiger partial charge in [0, 0.05) is 18.3 Å². The van der Waals surface area contributed by atoms with Crippen molar-refractivity contribution >= 4 is 45.0 Å². The van der Waals surface area contributed by atoms with Crippen LogP contribution in [-0.2, 0) is 0 Å². The number of anilines is 3. The molecule has 0 unspecified atom stereocenters. The Morgan fingerprint density at radius 2 is 2.17 bits per heavy atom. The molecule has 2 N–H and O–H groups in total. The summed E-state index contributed by atoms with van der Waals surface area (Å²) in [5, 5.41) is 6.02. The molecule has 0 atom stereocenters. The van der Waals surface area contributed by atoms with Gasteiger partial charge in [0.2, 0.25) is 5.95 Å². The molecule has 4 nitrogen and oxygen atoms in total. The lowest BCUT2D eigenvalue weighted by atomic mass is 10.3. The molecule has 0 spiro atoms. The molecular formula is C11H9BrClFN4. The molecule has 0 amide bonds. The van der Waals surface area contributed by atoms with Gasteiger partial charge >= 0.3 is 0 Å². The zero-order valence-corrected chi connectivity index (χ0v) is 11.7. The van der Waals surface area contributed by atoms with Gasteiger partial charge in [-0.05, 0) is 34.1 Å². The molecule has 0 aliphatic carbocycles. The highest BCUT2D eigenvalue weighted by molar-refractivity contribution is 9.10. The van der Waals surface area contributed by atoms with Crippen molar-refractivity contribution in [2.45, 2.75) is 0 Å². The van der Waals surface area contributed by atoms with E-state index in [1.165, 1.54) is 6.07 Å². The van der Waals surface area contributed by atoms with E-state index in [2.05, 4.69) is 36.5 Å². The standard InChI is InChI=1S/C11H9BrClFN4/c1-15-11-16-5-7(12)10(18-11)17-9-3-2-6(13)4-8(9)14/h2-5H,1H3,(H2,15,16,17,18). The monoisotopic (exact) mass is 330 g/mol. The average Bonchev–Trinajstić information content (AvgIpc) is 2.35. The summed E-state index contributed by atoms with van der Waals surface area (Å²) < 4.78 is 14.3. The van der Waals surface area contributed by atoms with Crippen molar-refractivity contribution in [3.63, 3.8) is 0 Å². The Morgan fingerprint density at radius 1 is 1.39 bits per heavy atom. The van der Waals surface area contributed by atoms with E-state index in [1.54, 1.807) is 25.4 Å². The van der Waals surface area contributed by atoms with Crippen molar-refractivity contribution in [1.29, 1.82) is 0 Å². The maximum absolute atomic E-state index is 13.6. The molecule has 1 aromatic heterocycles. The van der Waals surface area contributed by atoms with Crippen LogP contribution in [0.5, 0.6) is 0 Å². The smallest absolute Gasteiger partial charge is 0.224 e. The fraction of sp³-hybridized carbons (Fsp3) is 0.0909. The highest BCUT2D eigenvalue weighted by Crippen LogP contribution is 2.26. The summed E-state index contributed by atoms with van der Waals surface area (Å²) in [4.78, 5) is 8.18. The number of rotatable bonds is 3. The normalized spacial score (nSPS) is 10.2. The number of aromatic nitrogens is 2. The lowest BCUT2D eigenvalue weighted by Crippen LogP contribution is -2.02. The topological polar surface area (TPSA) is 49.8 Å². The third-order valence-electron chi connectivity index (χ3n) is 2.15. The van der Waals surface area contributed by atoms with Gasteiger partial charge < -0.3 is 10.6 Å². The van der Waals surface area contributed by atoms with Crippen LogP contribution >= 0.6 is 27.5 Å². The Bertz CT molecular complexity index is 579. The summed E-state index contributed by atoms with van der Waals surface area (Å²) >= 11 is 8.98. The molecule has 2 aromatic rings. The van der Waals surface area contributed by atoms with Crippen LogP contribution in [0.15, 0.2) is 28.9 Å². The molecule has 0 bridgehead atoms. The fourth-order valence-corrected chi connectivity index (χ4v) is 1.74. The van der Waals surface area contributed by atoms with E-state index in [0.717, 1.165) is 0 Å². The Morgan fingerprint density at radius 3 is 2.83 bits per heavy atom. The van der Waals surface area contributed by atoms with E-state index >= 15 is 0 Å². The summed E-state index contributed by atoms with van der Waals surface area (Å²) in [5.74, 6) is 0.463. The van der Waals surface area contributed by atoms with Crippen molar-refractivity contribution in [3.05, 3.63) is 39.7 Å². The van der Waals surface area contributed by atoms with Crippen molar-refractivity contribution in [1.82, 2.24) is 9.97 Å². The maximum atomic E-state index is 13.6. The molecule has 0 saturated heterocycles. The first-order chi connectivity index (χ1) is 8.60. The van der Waals surface area contributed by atoms with Crippen LogP contribution in [0.2, 0.25) is 5.02 Å². The predicted molar refractivity (Wildman–Crippen MR) is 74.0 cm³/mol. The van der Waals surface area contributed by atoms with Gasteiger partial charge in [-0.1, -0.05) is 11.6 Å². The van der Waals surface area contributed by atoms with E-state index in [0.29, 0.717) is 26.9 Å². The molecule has 7 heteroatoms. The molecule has 1 aromatic carbocycles. The van der Waals surface area contributed by atoms with Gasteiger partial charge in [0.15, 0.2) is 0 Å². The molecule has 0 aliphatic heterocycles. The average molecular weight is 332 g/mol. The van der Waals surface area contributed by atoms with Crippen LogP contribution in [0.25, 0.3) is 0 Å². The van der Waals surface area contributed by atoms with Crippen LogP contribution in [0.4, 0.5) is 21.8 Å². The van der Waals surface area contributed by atoms with Crippen molar-refractivity contribution < 1.29 is 4.39 Å². The van der Waals surface area contributed by atoms with Crippen LogP contribution in [0.1, 0.15) is 0 Å². The van der Waals surface area contributed by atoms with Crippen LogP contribution in [-0.4, -0.2) is 17.0 Å². The molecule has 2 rings (SSSR count). The number of hydrogen-bond donors (Lipinski definition) is 2. The number of halogens is 3. The largest absolute Gasteiger partial charge is 0.357 e. The molecule has 0 saturated carbocycles. The quantitative estimate of drug-likeness (QED) is 0.898. The van der Waals surface area contributed by atoms with E-state index in [4.69, 9.17) is 11.6 Å². The first-order valence-electron chi connectivity index (χ1n) is 5.02. The number of nitrogens with one attached hydrogen (secondary N) is 2. The molecule has 94 valence electrons. The lowest BCUT2D eigenvalue weighted by Gasteiger charge is -2.09. The highest BCUT2D eigenvalue weighted by atomic mass is 79.9. The van der Waals surface area contributed by atoms with E-state index in [1.807, 2.05) is 0 Å². The van der Waals surface area contributed by atoms with Crippen LogP contribution in [0.3, 0.4) is 0 Å². The Balaban J connectivity index is 2.33.